The molecule has 0 fully saturated rings. The number of aromatic nitrogens is 2. The highest BCUT2D eigenvalue weighted by Gasteiger charge is 2.15. The molecule has 5 heteroatoms. The van der Waals surface area contributed by atoms with Crippen molar-refractivity contribution < 1.29 is 4.79 Å². The van der Waals surface area contributed by atoms with E-state index in [1.54, 1.807) is 0 Å². The molecule has 1 aromatic rings. The first-order valence-corrected chi connectivity index (χ1v) is 7.42. The molecule has 0 aliphatic heterocycles. The minimum absolute atomic E-state index is 0.111. The van der Waals surface area contributed by atoms with E-state index in [1.165, 1.54) is 0 Å². The van der Waals surface area contributed by atoms with Gasteiger partial charge in [0.15, 0.2) is 0 Å². The van der Waals surface area contributed by atoms with E-state index in [4.69, 9.17) is 0 Å². The third-order valence-corrected chi connectivity index (χ3v) is 3.43. The fourth-order valence-electron chi connectivity index (χ4n) is 2.25. The highest BCUT2D eigenvalue weighted by atomic mass is 16.1. The van der Waals surface area contributed by atoms with E-state index in [-0.39, 0.29) is 5.91 Å². The van der Waals surface area contributed by atoms with E-state index >= 15 is 0 Å². The van der Waals surface area contributed by atoms with Crippen molar-refractivity contribution in [2.24, 2.45) is 0 Å². The van der Waals surface area contributed by atoms with Crippen LogP contribution in [0.3, 0.4) is 0 Å². The lowest BCUT2D eigenvalue weighted by Crippen LogP contribution is -2.42. The number of nitrogens with zero attached hydrogens (tertiary/aromatic N) is 2. The molecule has 1 heterocycles. The molecular weight excluding hydrogens is 252 g/mol. The van der Waals surface area contributed by atoms with Gasteiger partial charge in [0.05, 0.1) is 0 Å². The Labute approximate surface area is 122 Å². The summed E-state index contributed by atoms with van der Waals surface area (Å²) in [5.41, 5.74) is 1.45. The van der Waals surface area contributed by atoms with Crippen LogP contribution >= 0.6 is 0 Å². The molecule has 0 saturated carbocycles. The fourth-order valence-corrected chi connectivity index (χ4v) is 2.25. The van der Waals surface area contributed by atoms with Crippen molar-refractivity contribution in [3.8, 4) is 0 Å². The zero-order valence-corrected chi connectivity index (χ0v) is 13.5. The van der Waals surface area contributed by atoms with Gasteiger partial charge >= 0.3 is 0 Å². The first-order valence-electron chi connectivity index (χ1n) is 7.42. The van der Waals surface area contributed by atoms with Crippen molar-refractivity contribution in [3.63, 3.8) is 0 Å². The molecule has 114 valence electrons. The topological polar surface area (TPSA) is 61.0 Å². The molecule has 1 aromatic heterocycles. The number of aromatic amines is 1. The van der Waals surface area contributed by atoms with Gasteiger partial charge in [0, 0.05) is 30.9 Å². The molecule has 1 rings (SSSR count). The number of H-pyrrole nitrogens is 1. The second-order valence-corrected chi connectivity index (χ2v) is 6.04. The number of nitrogens with one attached hydrogen (secondary N) is 2. The molecule has 0 saturated heterocycles. The summed E-state index contributed by atoms with van der Waals surface area (Å²) < 4.78 is 0. The molecule has 0 spiro atoms. The first-order chi connectivity index (χ1) is 9.32. The molecule has 1 amide bonds. The zero-order valence-electron chi connectivity index (χ0n) is 13.5. The predicted molar refractivity (Wildman–Crippen MR) is 82.0 cm³/mol. The van der Waals surface area contributed by atoms with Gasteiger partial charge in [-0.1, -0.05) is 13.8 Å². The molecule has 5 nitrogen and oxygen atoms in total. The lowest BCUT2D eigenvalue weighted by molar-refractivity contribution is 0.0934. The van der Waals surface area contributed by atoms with Crippen molar-refractivity contribution in [1.82, 2.24) is 20.4 Å². The van der Waals surface area contributed by atoms with Crippen LogP contribution in [0, 0.1) is 0 Å². The van der Waals surface area contributed by atoms with Crippen LogP contribution in [0.2, 0.25) is 0 Å². The van der Waals surface area contributed by atoms with Crippen LogP contribution in [0.4, 0.5) is 0 Å². The Balaban J connectivity index is 2.46. The Morgan fingerprint density at radius 1 is 1.25 bits per heavy atom. The van der Waals surface area contributed by atoms with Crippen LogP contribution in [0.1, 0.15) is 63.6 Å². The van der Waals surface area contributed by atoms with E-state index in [9.17, 15) is 4.79 Å². The van der Waals surface area contributed by atoms with Gasteiger partial charge < -0.3 is 5.32 Å². The minimum atomic E-state index is -0.111. The summed E-state index contributed by atoms with van der Waals surface area (Å²) >= 11 is 0. The number of amides is 1. The lowest BCUT2D eigenvalue weighted by atomic mass is 10.1. The molecule has 0 radical (unpaired) electrons. The molecule has 0 aliphatic carbocycles. The second-order valence-electron chi connectivity index (χ2n) is 6.04. The summed E-state index contributed by atoms with van der Waals surface area (Å²) in [5, 5.41) is 9.88. The average Bonchev–Trinajstić information content (AvgIpc) is 2.82. The minimum Gasteiger partial charge on any atom is -0.349 e. The molecule has 0 bridgehead atoms. The number of hydrogen-bond acceptors (Lipinski definition) is 3. The zero-order chi connectivity index (χ0) is 15.3. The van der Waals surface area contributed by atoms with Gasteiger partial charge in [0.2, 0.25) is 0 Å². The molecule has 0 atom stereocenters. The van der Waals surface area contributed by atoms with Crippen LogP contribution in [-0.4, -0.2) is 46.2 Å². The summed E-state index contributed by atoms with van der Waals surface area (Å²) in [5.74, 6) is 0.238. The maximum absolute atomic E-state index is 12.0. The molecule has 2 N–H and O–H groups in total. The molecule has 0 aromatic carbocycles. The maximum Gasteiger partial charge on any atom is 0.271 e. The van der Waals surface area contributed by atoms with E-state index in [0.717, 1.165) is 12.2 Å². The van der Waals surface area contributed by atoms with Gasteiger partial charge in [-0.05, 0) is 39.7 Å². The Morgan fingerprint density at radius 2 is 1.85 bits per heavy atom. The van der Waals surface area contributed by atoms with Crippen molar-refractivity contribution in [3.05, 3.63) is 17.5 Å². The van der Waals surface area contributed by atoms with Gasteiger partial charge in [-0.3, -0.25) is 14.8 Å². The van der Waals surface area contributed by atoms with E-state index in [2.05, 4.69) is 62.0 Å². The molecule has 0 unspecified atom stereocenters. The summed E-state index contributed by atoms with van der Waals surface area (Å²) in [6, 6.07) is 2.78. The van der Waals surface area contributed by atoms with Crippen LogP contribution in [0.5, 0.6) is 0 Å². The summed E-state index contributed by atoms with van der Waals surface area (Å²) in [6.45, 7) is 14.3. The normalized spacial score (nSPS) is 11.9. The van der Waals surface area contributed by atoms with E-state index in [0.29, 0.717) is 30.2 Å². The highest BCUT2D eigenvalue weighted by Crippen LogP contribution is 2.11. The Hall–Kier alpha value is -1.36. The van der Waals surface area contributed by atoms with Gasteiger partial charge in [0.1, 0.15) is 5.69 Å². The monoisotopic (exact) mass is 280 g/mol. The largest absolute Gasteiger partial charge is 0.349 e. The molecular formula is C15H28N4O. The average molecular weight is 280 g/mol. The predicted octanol–water partition coefficient (Wildman–Crippen LogP) is 2.38. The third-order valence-electron chi connectivity index (χ3n) is 3.43. The van der Waals surface area contributed by atoms with Crippen LogP contribution in [0.15, 0.2) is 6.07 Å². The van der Waals surface area contributed by atoms with Crippen LogP contribution in [0.25, 0.3) is 0 Å². The number of hydrogen-bond donors (Lipinski definition) is 2. The van der Waals surface area contributed by atoms with Crippen molar-refractivity contribution in [2.75, 3.05) is 13.1 Å². The van der Waals surface area contributed by atoms with Crippen LogP contribution in [-0.2, 0) is 0 Å². The second kappa shape index (κ2) is 7.43. The van der Waals surface area contributed by atoms with Gasteiger partial charge in [-0.25, -0.2) is 0 Å². The quantitative estimate of drug-likeness (QED) is 0.806. The van der Waals surface area contributed by atoms with Crippen molar-refractivity contribution in [1.29, 1.82) is 0 Å². The third kappa shape index (κ3) is 4.63. The van der Waals surface area contributed by atoms with Gasteiger partial charge in [0.25, 0.3) is 5.91 Å². The summed E-state index contributed by atoms with van der Waals surface area (Å²) in [4.78, 5) is 14.3. The summed E-state index contributed by atoms with van der Waals surface area (Å²) in [7, 11) is 0. The van der Waals surface area contributed by atoms with Crippen LogP contribution < -0.4 is 5.32 Å². The molecule has 0 aliphatic rings. The summed E-state index contributed by atoms with van der Waals surface area (Å²) in [6.07, 6.45) is 0. The number of rotatable bonds is 7. The van der Waals surface area contributed by atoms with Crippen molar-refractivity contribution in [2.45, 2.75) is 59.5 Å². The fraction of sp³-hybridized carbons (Fsp3) is 0.733. The van der Waals surface area contributed by atoms with Gasteiger partial charge in [-0.2, -0.15) is 5.10 Å². The standard InChI is InChI=1S/C15H28N4O/c1-10(2)13-9-14(18-17-13)15(20)16-7-8-19(11(3)4)12(5)6/h9-12H,7-8H2,1-6H3,(H,16,20)(H,17,18). The number of carbonyl (C=O) groups is 1. The Bertz CT molecular complexity index is 415. The Kier molecular flexibility index (Phi) is 6.20. The Morgan fingerprint density at radius 3 is 2.30 bits per heavy atom. The van der Waals surface area contributed by atoms with Gasteiger partial charge in [-0.15, -0.1) is 0 Å². The highest BCUT2D eigenvalue weighted by molar-refractivity contribution is 5.92. The first kappa shape index (κ1) is 16.7. The number of carbonyl (C=O) groups excluding carboxylic acids is 1. The van der Waals surface area contributed by atoms with Crippen molar-refractivity contribution >= 4 is 5.91 Å². The lowest BCUT2D eigenvalue weighted by Gasteiger charge is -2.30. The SMILES string of the molecule is CC(C)c1cc(C(=O)NCCN(C(C)C)C(C)C)n[nH]1. The maximum atomic E-state index is 12.0. The van der Waals surface area contributed by atoms with E-state index < -0.39 is 0 Å². The molecule has 20 heavy (non-hydrogen) atoms. The smallest absolute Gasteiger partial charge is 0.271 e. The van der Waals surface area contributed by atoms with E-state index in [1.807, 2.05) is 6.07 Å².